The lowest BCUT2D eigenvalue weighted by Gasteiger charge is -2.43. The molecule has 2 bridgehead atoms. The van der Waals surface area contributed by atoms with Crippen molar-refractivity contribution >= 4 is 106 Å². The van der Waals surface area contributed by atoms with Gasteiger partial charge < -0.3 is 0 Å². The van der Waals surface area contributed by atoms with Gasteiger partial charge in [0.2, 0.25) is 0 Å². The summed E-state index contributed by atoms with van der Waals surface area (Å²) >= 11 is 16.4. The Morgan fingerprint density at radius 1 is 0.442 bits per heavy atom. The lowest BCUT2D eigenvalue weighted by atomic mass is 9.59. The van der Waals surface area contributed by atoms with E-state index in [0.717, 1.165) is 0 Å². The van der Waals surface area contributed by atoms with Crippen molar-refractivity contribution in [3.8, 4) is 0 Å². The summed E-state index contributed by atoms with van der Waals surface area (Å²) in [6, 6.07) is 23.6. The number of benzene rings is 3. The van der Waals surface area contributed by atoms with E-state index in [9.17, 15) is 0 Å². The van der Waals surface area contributed by atoms with Crippen molar-refractivity contribution in [2.75, 3.05) is 23.0 Å². The minimum absolute atomic E-state index is 0.251. The fraction of sp³-hybridized carbons (Fsp3) is 0.409. The lowest BCUT2D eigenvalue weighted by Crippen LogP contribution is -2.29. The minimum Gasteiger partial charge on any atom is -0.117 e. The molecule has 0 amide bonds. The molecule has 0 spiro atoms. The molecule has 0 aromatic heterocycles. The van der Waals surface area contributed by atoms with E-state index < -0.39 is 0 Å². The van der Waals surface area contributed by atoms with Crippen LogP contribution in [0.25, 0.3) is 12.2 Å². The maximum atomic E-state index is 2.55. The van der Waals surface area contributed by atoms with Crippen molar-refractivity contribution in [3.05, 3.63) is 131 Å². The summed E-state index contributed by atoms with van der Waals surface area (Å²) in [5.74, 6) is 5.35. The fourth-order valence-corrected chi connectivity index (χ4v) is 19.3. The summed E-state index contributed by atoms with van der Waals surface area (Å²) < 4.78 is 8.98. The van der Waals surface area contributed by atoms with Crippen LogP contribution >= 0.6 is 94.1 Å². The fourth-order valence-electron chi connectivity index (χ4n) is 7.13. The molecule has 2 aliphatic heterocycles. The molecule has 2 heterocycles. The van der Waals surface area contributed by atoms with Gasteiger partial charge in [-0.3, -0.25) is 0 Å². The molecule has 0 unspecified atom stereocenters. The summed E-state index contributed by atoms with van der Waals surface area (Å²) in [7, 11) is 0. The van der Waals surface area contributed by atoms with Crippen LogP contribution in [0.2, 0.25) is 0 Å². The predicted octanol–water partition coefficient (Wildman–Crippen LogP) is 16.6. The van der Waals surface area contributed by atoms with Gasteiger partial charge in [0, 0.05) is 11.8 Å². The third-order valence-electron chi connectivity index (χ3n) is 9.75. The second-order valence-electron chi connectivity index (χ2n) is 13.5. The zero-order chi connectivity index (χ0) is 35.9. The van der Waals surface area contributed by atoms with Gasteiger partial charge in [-0.05, 0) is 105 Å². The van der Waals surface area contributed by atoms with Crippen LogP contribution in [-0.4, -0.2) is 23.0 Å². The molecule has 3 aromatic carbocycles. The number of rotatable bonds is 18. The molecule has 8 rings (SSSR count). The predicted molar refractivity (Wildman–Crippen MR) is 251 cm³/mol. The first-order valence-corrected chi connectivity index (χ1v) is 26.3. The van der Waals surface area contributed by atoms with Gasteiger partial charge in [0.05, 0.1) is 25.4 Å². The first-order valence-electron chi connectivity index (χ1n) is 19.1. The molecule has 0 radical (unpaired) electrons. The second-order valence-corrected chi connectivity index (χ2v) is 23.7. The standard InChI is InChI=1S/C44H50S8/c1-5-9-23-45-41-42(46-24-10-6-2)50-35(49-41)27-29-21-22-30(28-36-51-43(47-25-11-7-3)44(52-36)48-26-12-8-4)38-37(29)39-31-17-13-15-19-33(31)40(38)34-20-16-14-18-32(34)39/h13-22,27-28,39-40H,5-12,23-26H2,1-4H3. The monoisotopic (exact) mass is 834 g/mol. The Morgan fingerprint density at radius 3 is 1.00 bits per heavy atom. The van der Waals surface area contributed by atoms with E-state index in [4.69, 9.17) is 0 Å². The summed E-state index contributed by atoms with van der Waals surface area (Å²) in [6.07, 6.45) is 15.2. The molecule has 3 aromatic rings. The summed E-state index contributed by atoms with van der Waals surface area (Å²) in [5.41, 5.74) is 11.9. The Labute approximate surface area is 347 Å². The van der Waals surface area contributed by atoms with Gasteiger partial charge in [0.25, 0.3) is 0 Å². The normalized spacial score (nSPS) is 18.7. The highest BCUT2D eigenvalue weighted by molar-refractivity contribution is 8.41. The van der Waals surface area contributed by atoms with E-state index in [1.807, 2.05) is 47.0 Å². The highest BCUT2D eigenvalue weighted by Gasteiger charge is 2.43. The van der Waals surface area contributed by atoms with Crippen molar-refractivity contribution in [2.45, 2.75) is 90.9 Å². The maximum absolute atomic E-state index is 2.55. The summed E-state index contributed by atoms with van der Waals surface area (Å²) in [6.45, 7) is 9.21. The van der Waals surface area contributed by atoms with Crippen molar-refractivity contribution in [2.24, 2.45) is 0 Å². The van der Waals surface area contributed by atoms with Crippen molar-refractivity contribution < 1.29 is 0 Å². The zero-order valence-corrected chi connectivity index (χ0v) is 37.4. The molecule has 274 valence electrons. The Kier molecular flexibility index (Phi) is 14.9. The molecule has 0 saturated carbocycles. The quantitative estimate of drug-likeness (QED) is 0.0791. The van der Waals surface area contributed by atoms with Gasteiger partial charge in [-0.25, -0.2) is 0 Å². The van der Waals surface area contributed by atoms with Gasteiger partial charge in [0.1, 0.15) is 0 Å². The van der Waals surface area contributed by atoms with Crippen molar-refractivity contribution in [3.63, 3.8) is 0 Å². The van der Waals surface area contributed by atoms with E-state index in [2.05, 4.69) is 148 Å². The number of thioether (sulfide) groups is 8. The number of hydrogen-bond donors (Lipinski definition) is 0. The zero-order valence-electron chi connectivity index (χ0n) is 30.8. The molecule has 0 atom stereocenters. The molecule has 8 heteroatoms. The van der Waals surface area contributed by atoms with Crippen LogP contribution in [0.4, 0.5) is 0 Å². The Hall–Kier alpha value is -0.580. The first kappa shape index (κ1) is 39.6. The third kappa shape index (κ3) is 8.85. The van der Waals surface area contributed by atoms with Crippen LogP contribution in [0.5, 0.6) is 0 Å². The van der Waals surface area contributed by atoms with E-state index in [1.165, 1.54) is 144 Å². The number of hydrogen-bond acceptors (Lipinski definition) is 8. The molecule has 0 fully saturated rings. The second kappa shape index (κ2) is 19.5. The molecule has 0 N–H and O–H groups in total. The highest BCUT2D eigenvalue weighted by atomic mass is 32.3. The van der Waals surface area contributed by atoms with Gasteiger partial charge in [-0.2, -0.15) is 0 Å². The SMILES string of the molecule is CCCCSC1=C(SCCCC)SC(=Cc2ccc(C=C3SC(SCCCC)=C(SCCCC)S3)c3c2C2c4ccccc4C3c3ccccc32)S1. The number of unbranched alkanes of at least 4 members (excludes halogenated alkanes) is 4. The molecular weight excluding hydrogens is 785 g/mol. The summed E-state index contributed by atoms with van der Waals surface area (Å²) in [5, 5.41) is 0. The van der Waals surface area contributed by atoms with E-state index >= 15 is 0 Å². The van der Waals surface area contributed by atoms with Crippen LogP contribution < -0.4 is 0 Å². The average molecular weight is 835 g/mol. The van der Waals surface area contributed by atoms with Crippen LogP contribution in [0.3, 0.4) is 0 Å². The van der Waals surface area contributed by atoms with Gasteiger partial charge in [0.15, 0.2) is 0 Å². The van der Waals surface area contributed by atoms with Gasteiger partial charge in [-0.1, -0.05) is 161 Å². The smallest absolute Gasteiger partial charge is 0.0659 e. The lowest BCUT2D eigenvalue weighted by molar-refractivity contribution is 0.751. The molecule has 52 heavy (non-hydrogen) atoms. The topological polar surface area (TPSA) is 0 Å². The molecule has 0 saturated heterocycles. The summed E-state index contributed by atoms with van der Waals surface area (Å²) in [4.78, 5) is 0. The molecule has 3 aliphatic carbocycles. The van der Waals surface area contributed by atoms with Gasteiger partial charge in [-0.15, -0.1) is 47.0 Å². The van der Waals surface area contributed by atoms with E-state index in [1.54, 1.807) is 0 Å². The molecule has 0 nitrogen and oxygen atoms in total. The average Bonchev–Trinajstić information content (AvgIpc) is 3.74. The Bertz CT molecular complexity index is 1640. The van der Waals surface area contributed by atoms with E-state index in [-0.39, 0.29) is 11.8 Å². The molecule has 5 aliphatic rings. The van der Waals surface area contributed by atoms with Crippen LogP contribution in [0.1, 0.15) is 135 Å². The minimum atomic E-state index is 0.251. The first-order chi connectivity index (χ1) is 25.6. The Morgan fingerprint density at radius 2 is 0.731 bits per heavy atom. The van der Waals surface area contributed by atoms with Crippen molar-refractivity contribution in [1.29, 1.82) is 0 Å². The van der Waals surface area contributed by atoms with E-state index in [0.29, 0.717) is 0 Å². The largest absolute Gasteiger partial charge is 0.117 e. The maximum Gasteiger partial charge on any atom is 0.0659 e. The highest BCUT2D eigenvalue weighted by Crippen LogP contribution is 2.62. The Balaban J connectivity index is 1.29. The van der Waals surface area contributed by atoms with Crippen molar-refractivity contribution in [1.82, 2.24) is 0 Å². The third-order valence-corrected chi connectivity index (χ3v) is 20.9. The molecular formula is C44H50S8. The van der Waals surface area contributed by atoms with Gasteiger partial charge >= 0.3 is 0 Å². The van der Waals surface area contributed by atoms with Crippen LogP contribution in [0, 0.1) is 0 Å². The van der Waals surface area contributed by atoms with Crippen LogP contribution in [0.15, 0.2) is 86.1 Å². The van der Waals surface area contributed by atoms with Crippen LogP contribution in [-0.2, 0) is 0 Å².